The summed E-state index contributed by atoms with van der Waals surface area (Å²) in [6.45, 7) is 1.76. The number of nitrogens with zero attached hydrogens (tertiary/aromatic N) is 1. The number of hydrogen-bond acceptors (Lipinski definition) is 2. The zero-order chi connectivity index (χ0) is 13.3. The van der Waals surface area contributed by atoms with Crippen molar-refractivity contribution in [1.82, 2.24) is 4.90 Å². The number of rotatable bonds is 3. The molecule has 0 bridgehead atoms. The van der Waals surface area contributed by atoms with Gasteiger partial charge in [-0.1, -0.05) is 18.2 Å². The van der Waals surface area contributed by atoms with Crippen LogP contribution in [0.4, 0.5) is 13.2 Å². The van der Waals surface area contributed by atoms with Crippen LogP contribution in [0.1, 0.15) is 17.3 Å². The highest BCUT2D eigenvalue weighted by Gasteiger charge is 2.49. The van der Waals surface area contributed by atoms with Crippen molar-refractivity contribution < 1.29 is 18.0 Å². The topological polar surface area (TPSA) is 20.1 Å². The molecular formula is C12H12F3NOS. The molecule has 6 heteroatoms. The van der Waals surface area contributed by atoms with Crippen LogP contribution in [0.3, 0.4) is 0 Å². The van der Waals surface area contributed by atoms with Crippen LogP contribution in [0, 0.1) is 0 Å². The molecule has 1 amide bonds. The van der Waals surface area contributed by atoms with Crippen LogP contribution in [-0.2, 0) is 0 Å². The molecule has 0 radical (unpaired) electrons. The number of carbonyl (C=O) groups is 1. The summed E-state index contributed by atoms with van der Waals surface area (Å²) in [4.78, 5) is 13.5. The Morgan fingerprint density at radius 2 is 1.94 bits per heavy atom. The summed E-state index contributed by atoms with van der Waals surface area (Å²) in [6.07, 6.45) is -4.19. The third-order valence-corrected chi connectivity index (χ3v) is 4.17. The second-order valence-electron chi connectivity index (χ2n) is 4.14. The standard InChI is InChI=1S/C12H12F3NOS/c1-8-11(18-7-12(13,14)15)16(8)10(17)9-5-3-2-4-6-9/h2-6,8,11H,7H2,1H3/t8?,11-,16?/m1/s1. The monoisotopic (exact) mass is 275 g/mol. The normalized spacial score (nSPS) is 23.0. The van der Waals surface area contributed by atoms with Gasteiger partial charge in [0.15, 0.2) is 0 Å². The van der Waals surface area contributed by atoms with E-state index in [0.717, 1.165) is 11.8 Å². The number of alkyl halides is 3. The van der Waals surface area contributed by atoms with Gasteiger partial charge in [-0.3, -0.25) is 4.79 Å². The molecule has 2 rings (SSSR count). The van der Waals surface area contributed by atoms with E-state index in [-0.39, 0.29) is 17.3 Å². The summed E-state index contributed by atoms with van der Waals surface area (Å²) in [5.74, 6) is -1.12. The van der Waals surface area contributed by atoms with Crippen LogP contribution < -0.4 is 0 Å². The summed E-state index contributed by atoms with van der Waals surface area (Å²) in [7, 11) is 0. The Morgan fingerprint density at radius 3 is 2.50 bits per heavy atom. The molecule has 1 fully saturated rings. The molecule has 1 saturated heterocycles. The maximum Gasteiger partial charge on any atom is 0.397 e. The SMILES string of the molecule is CC1[C@@H](SCC(F)(F)F)N1C(=O)c1ccccc1. The molecule has 0 saturated carbocycles. The third-order valence-electron chi connectivity index (χ3n) is 2.71. The summed E-state index contributed by atoms with van der Waals surface area (Å²) in [6, 6.07) is 8.46. The molecule has 0 aliphatic carbocycles. The van der Waals surface area contributed by atoms with E-state index >= 15 is 0 Å². The molecule has 0 spiro atoms. The predicted molar refractivity (Wildman–Crippen MR) is 64.4 cm³/mol. The lowest BCUT2D eigenvalue weighted by Crippen LogP contribution is -2.16. The van der Waals surface area contributed by atoms with Crippen LogP contribution >= 0.6 is 11.8 Å². The van der Waals surface area contributed by atoms with Crippen LogP contribution in [0.25, 0.3) is 0 Å². The first-order chi connectivity index (χ1) is 8.40. The van der Waals surface area contributed by atoms with Gasteiger partial charge in [0, 0.05) is 5.56 Å². The Labute approximate surface area is 107 Å². The second kappa shape index (κ2) is 4.84. The summed E-state index contributed by atoms with van der Waals surface area (Å²) >= 11 is 0.769. The quantitative estimate of drug-likeness (QED) is 0.790. The van der Waals surface area contributed by atoms with Crippen LogP contribution in [0.5, 0.6) is 0 Å². The maximum atomic E-state index is 12.1. The molecule has 1 aliphatic heterocycles. The van der Waals surface area contributed by atoms with E-state index in [1.54, 1.807) is 37.3 Å². The van der Waals surface area contributed by atoms with E-state index in [2.05, 4.69) is 0 Å². The highest BCUT2D eigenvalue weighted by atomic mass is 32.2. The Balaban J connectivity index is 1.94. The number of halogens is 3. The van der Waals surface area contributed by atoms with E-state index in [4.69, 9.17) is 0 Å². The minimum Gasteiger partial charge on any atom is -0.319 e. The van der Waals surface area contributed by atoms with E-state index < -0.39 is 11.9 Å². The number of carbonyl (C=O) groups excluding carboxylic acids is 1. The van der Waals surface area contributed by atoms with Crippen LogP contribution in [0.15, 0.2) is 30.3 Å². The molecule has 1 unspecified atom stereocenters. The third kappa shape index (κ3) is 2.98. The number of benzene rings is 1. The first-order valence-corrected chi connectivity index (χ1v) is 6.51. The summed E-state index contributed by atoms with van der Waals surface area (Å²) < 4.78 is 36.3. The molecule has 1 aromatic carbocycles. The van der Waals surface area contributed by atoms with Gasteiger partial charge in [0.2, 0.25) is 0 Å². The zero-order valence-electron chi connectivity index (χ0n) is 9.65. The van der Waals surface area contributed by atoms with Gasteiger partial charge in [-0.2, -0.15) is 13.2 Å². The lowest BCUT2D eigenvalue weighted by atomic mass is 10.2. The van der Waals surface area contributed by atoms with Crippen LogP contribution in [0.2, 0.25) is 0 Å². The van der Waals surface area contributed by atoms with E-state index in [1.807, 2.05) is 0 Å². The zero-order valence-corrected chi connectivity index (χ0v) is 10.5. The Hall–Kier alpha value is -1.17. The lowest BCUT2D eigenvalue weighted by Gasteiger charge is -2.06. The minimum atomic E-state index is -4.19. The molecule has 1 aromatic rings. The van der Waals surface area contributed by atoms with Crippen molar-refractivity contribution in [2.75, 3.05) is 5.75 Å². The van der Waals surface area contributed by atoms with Crippen LogP contribution in [-0.4, -0.2) is 34.2 Å². The average Bonchev–Trinajstić information content (AvgIpc) is 2.96. The Bertz CT molecular complexity index is 435. The van der Waals surface area contributed by atoms with Crippen molar-refractivity contribution >= 4 is 17.7 Å². The smallest absolute Gasteiger partial charge is 0.319 e. The molecule has 98 valence electrons. The minimum absolute atomic E-state index is 0.134. The van der Waals surface area contributed by atoms with Gasteiger partial charge < -0.3 is 4.90 Å². The average molecular weight is 275 g/mol. The van der Waals surface area contributed by atoms with Gasteiger partial charge in [0.1, 0.15) is 0 Å². The fourth-order valence-electron chi connectivity index (χ4n) is 1.75. The number of thioether (sulfide) groups is 1. The van der Waals surface area contributed by atoms with Gasteiger partial charge in [-0.05, 0) is 19.1 Å². The summed E-state index contributed by atoms with van der Waals surface area (Å²) in [5.41, 5.74) is 0.513. The molecule has 1 heterocycles. The maximum absolute atomic E-state index is 12.1. The van der Waals surface area contributed by atoms with Gasteiger partial charge in [-0.25, -0.2) is 0 Å². The van der Waals surface area contributed by atoms with Crippen molar-refractivity contribution in [3.63, 3.8) is 0 Å². The van der Waals surface area contributed by atoms with E-state index in [9.17, 15) is 18.0 Å². The number of hydrogen-bond donors (Lipinski definition) is 0. The van der Waals surface area contributed by atoms with E-state index in [1.165, 1.54) is 4.90 Å². The lowest BCUT2D eigenvalue weighted by molar-refractivity contribution is -0.105. The van der Waals surface area contributed by atoms with Gasteiger partial charge >= 0.3 is 6.18 Å². The Kier molecular flexibility index (Phi) is 3.56. The second-order valence-corrected chi connectivity index (χ2v) is 5.24. The van der Waals surface area contributed by atoms with Crippen molar-refractivity contribution in [2.24, 2.45) is 0 Å². The van der Waals surface area contributed by atoms with Gasteiger partial charge in [0.05, 0.1) is 17.2 Å². The fourth-order valence-corrected chi connectivity index (χ4v) is 2.90. The van der Waals surface area contributed by atoms with E-state index in [0.29, 0.717) is 5.56 Å². The molecule has 0 N–H and O–H groups in total. The fraction of sp³-hybridized carbons (Fsp3) is 0.417. The van der Waals surface area contributed by atoms with Gasteiger partial charge in [-0.15, -0.1) is 11.8 Å². The largest absolute Gasteiger partial charge is 0.397 e. The molecular weight excluding hydrogens is 263 g/mol. The summed E-state index contributed by atoms with van der Waals surface area (Å²) in [5, 5.41) is -0.362. The molecule has 2 nitrogen and oxygen atoms in total. The number of amides is 1. The Morgan fingerprint density at radius 1 is 1.33 bits per heavy atom. The van der Waals surface area contributed by atoms with Crippen molar-refractivity contribution in [2.45, 2.75) is 24.5 Å². The van der Waals surface area contributed by atoms with Gasteiger partial charge in [0.25, 0.3) is 5.91 Å². The predicted octanol–water partition coefficient (Wildman–Crippen LogP) is 3.15. The molecule has 18 heavy (non-hydrogen) atoms. The first kappa shape index (κ1) is 13.3. The van der Waals surface area contributed by atoms with Crippen molar-refractivity contribution in [3.8, 4) is 0 Å². The molecule has 0 aromatic heterocycles. The molecule has 1 aliphatic rings. The first-order valence-electron chi connectivity index (χ1n) is 5.46. The highest BCUT2D eigenvalue weighted by molar-refractivity contribution is 8.00. The molecule has 2 atom stereocenters. The highest BCUT2D eigenvalue weighted by Crippen LogP contribution is 2.40. The van der Waals surface area contributed by atoms with Crippen molar-refractivity contribution in [1.29, 1.82) is 0 Å². The van der Waals surface area contributed by atoms with Crippen molar-refractivity contribution in [3.05, 3.63) is 35.9 Å².